The summed E-state index contributed by atoms with van der Waals surface area (Å²) >= 11 is 0. The van der Waals surface area contributed by atoms with E-state index < -0.39 is 0 Å². The van der Waals surface area contributed by atoms with Crippen molar-refractivity contribution in [2.75, 3.05) is 13.1 Å². The van der Waals surface area contributed by atoms with Gasteiger partial charge in [-0.3, -0.25) is 0 Å². The Morgan fingerprint density at radius 2 is 2.07 bits per heavy atom. The molecule has 0 bridgehead atoms. The number of rotatable bonds is 3. The standard InChI is InChI=1S/C11H15N3O/c12-7-9-3-1-2-4-10(9)8-14-6-5-13-11(14)15/h1-4H,5-8,12H2,(H,13,15). The van der Waals surface area contributed by atoms with Gasteiger partial charge in [0, 0.05) is 26.2 Å². The first-order valence-corrected chi connectivity index (χ1v) is 5.11. The second kappa shape index (κ2) is 4.31. The van der Waals surface area contributed by atoms with Crippen LogP contribution in [0, 0.1) is 0 Å². The van der Waals surface area contributed by atoms with E-state index in [0.29, 0.717) is 13.1 Å². The molecule has 0 aromatic heterocycles. The van der Waals surface area contributed by atoms with Crippen LogP contribution in [-0.4, -0.2) is 24.0 Å². The maximum atomic E-state index is 11.4. The van der Waals surface area contributed by atoms with Crippen molar-refractivity contribution in [3.63, 3.8) is 0 Å². The van der Waals surface area contributed by atoms with Crippen molar-refractivity contribution in [3.8, 4) is 0 Å². The van der Waals surface area contributed by atoms with E-state index in [2.05, 4.69) is 5.32 Å². The first-order valence-electron chi connectivity index (χ1n) is 5.11. The zero-order chi connectivity index (χ0) is 10.7. The zero-order valence-corrected chi connectivity index (χ0v) is 8.57. The van der Waals surface area contributed by atoms with Crippen LogP contribution in [0.25, 0.3) is 0 Å². The lowest BCUT2D eigenvalue weighted by molar-refractivity contribution is 0.215. The molecule has 4 heteroatoms. The van der Waals surface area contributed by atoms with Gasteiger partial charge >= 0.3 is 6.03 Å². The molecule has 1 fully saturated rings. The quantitative estimate of drug-likeness (QED) is 0.762. The summed E-state index contributed by atoms with van der Waals surface area (Å²) in [6.07, 6.45) is 0. The van der Waals surface area contributed by atoms with Crippen molar-refractivity contribution in [2.45, 2.75) is 13.1 Å². The number of nitrogens with zero attached hydrogens (tertiary/aromatic N) is 1. The molecule has 0 radical (unpaired) electrons. The van der Waals surface area contributed by atoms with Gasteiger partial charge in [0.05, 0.1) is 0 Å². The lowest BCUT2D eigenvalue weighted by Gasteiger charge is -2.16. The average molecular weight is 205 g/mol. The van der Waals surface area contributed by atoms with E-state index >= 15 is 0 Å². The van der Waals surface area contributed by atoms with Gasteiger partial charge in [-0.2, -0.15) is 0 Å². The van der Waals surface area contributed by atoms with E-state index in [0.717, 1.165) is 24.2 Å². The molecule has 0 atom stereocenters. The monoisotopic (exact) mass is 205 g/mol. The zero-order valence-electron chi connectivity index (χ0n) is 8.57. The number of benzene rings is 1. The van der Waals surface area contributed by atoms with Crippen molar-refractivity contribution in [3.05, 3.63) is 35.4 Å². The molecule has 1 aromatic rings. The summed E-state index contributed by atoms with van der Waals surface area (Å²) in [6.45, 7) is 2.69. The van der Waals surface area contributed by atoms with E-state index in [-0.39, 0.29) is 6.03 Å². The van der Waals surface area contributed by atoms with Crippen LogP contribution < -0.4 is 11.1 Å². The SMILES string of the molecule is NCc1ccccc1CN1CCNC1=O. The Morgan fingerprint density at radius 1 is 1.33 bits per heavy atom. The molecule has 2 amide bonds. The van der Waals surface area contributed by atoms with Gasteiger partial charge in [0.15, 0.2) is 0 Å². The van der Waals surface area contributed by atoms with Crippen molar-refractivity contribution in [1.29, 1.82) is 0 Å². The highest BCUT2D eigenvalue weighted by molar-refractivity contribution is 5.76. The normalized spacial score (nSPS) is 15.5. The Kier molecular flexibility index (Phi) is 2.87. The van der Waals surface area contributed by atoms with Crippen LogP contribution in [0.15, 0.2) is 24.3 Å². The minimum absolute atomic E-state index is 0.0156. The fourth-order valence-electron chi connectivity index (χ4n) is 1.78. The van der Waals surface area contributed by atoms with Crippen LogP contribution in [0.3, 0.4) is 0 Å². The summed E-state index contributed by atoms with van der Waals surface area (Å²) in [5, 5.41) is 2.78. The van der Waals surface area contributed by atoms with Gasteiger partial charge in [-0.25, -0.2) is 4.79 Å². The number of carbonyl (C=O) groups excluding carboxylic acids is 1. The van der Waals surface area contributed by atoms with Crippen molar-refractivity contribution < 1.29 is 4.79 Å². The number of hydrogen-bond donors (Lipinski definition) is 2. The summed E-state index contributed by atoms with van der Waals surface area (Å²) < 4.78 is 0. The fraction of sp³-hybridized carbons (Fsp3) is 0.364. The van der Waals surface area contributed by atoms with Gasteiger partial charge in [-0.15, -0.1) is 0 Å². The van der Waals surface area contributed by atoms with Crippen molar-refractivity contribution in [1.82, 2.24) is 10.2 Å². The van der Waals surface area contributed by atoms with Gasteiger partial charge in [0.25, 0.3) is 0 Å². The van der Waals surface area contributed by atoms with Gasteiger partial charge in [-0.1, -0.05) is 24.3 Å². The predicted molar refractivity (Wildman–Crippen MR) is 58.1 cm³/mol. The summed E-state index contributed by atoms with van der Waals surface area (Å²) in [4.78, 5) is 13.2. The molecule has 0 spiro atoms. The highest BCUT2D eigenvalue weighted by Crippen LogP contribution is 2.12. The Hall–Kier alpha value is -1.55. The van der Waals surface area contributed by atoms with Crippen molar-refractivity contribution >= 4 is 6.03 Å². The van der Waals surface area contributed by atoms with Crippen molar-refractivity contribution in [2.24, 2.45) is 5.73 Å². The Balaban J connectivity index is 2.12. The fourth-order valence-corrected chi connectivity index (χ4v) is 1.78. The molecular formula is C11H15N3O. The van der Waals surface area contributed by atoms with Crippen LogP contribution in [0.1, 0.15) is 11.1 Å². The van der Waals surface area contributed by atoms with Crippen LogP contribution >= 0.6 is 0 Å². The van der Waals surface area contributed by atoms with E-state index in [4.69, 9.17) is 5.73 Å². The topological polar surface area (TPSA) is 58.4 Å². The molecule has 80 valence electrons. The Bertz CT molecular complexity index is 365. The van der Waals surface area contributed by atoms with E-state index in [1.807, 2.05) is 24.3 Å². The number of carbonyl (C=O) groups is 1. The smallest absolute Gasteiger partial charge is 0.317 e. The molecule has 1 aliphatic rings. The third-order valence-electron chi connectivity index (χ3n) is 2.64. The molecule has 1 saturated heterocycles. The molecule has 0 aliphatic carbocycles. The highest BCUT2D eigenvalue weighted by Gasteiger charge is 2.19. The summed E-state index contributed by atoms with van der Waals surface area (Å²) in [5.41, 5.74) is 7.89. The van der Waals surface area contributed by atoms with Gasteiger partial charge in [-0.05, 0) is 11.1 Å². The molecule has 0 unspecified atom stereocenters. The Labute approximate surface area is 89.1 Å². The Morgan fingerprint density at radius 3 is 2.67 bits per heavy atom. The third-order valence-corrected chi connectivity index (χ3v) is 2.64. The van der Waals surface area contributed by atoms with Crippen LogP contribution in [0.4, 0.5) is 4.79 Å². The number of urea groups is 1. The van der Waals surface area contributed by atoms with Gasteiger partial charge < -0.3 is 16.0 Å². The molecule has 1 aromatic carbocycles. The molecule has 0 saturated carbocycles. The van der Waals surface area contributed by atoms with Crippen LogP contribution in [0.5, 0.6) is 0 Å². The average Bonchev–Trinajstić information content (AvgIpc) is 2.65. The first-order chi connectivity index (χ1) is 7.31. The van der Waals surface area contributed by atoms with E-state index in [1.54, 1.807) is 4.90 Å². The second-order valence-electron chi connectivity index (χ2n) is 3.63. The minimum atomic E-state index is 0.0156. The maximum Gasteiger partial charge on any atom is 0.317 e. The summed E-state index contributed by atoms with van der Waals surface area (Å²) in [6, 6.07) is 7.98. The maximum absolute atomic E-state index is 11.4. The predicted octanol–water partition coefficient (Wildman–Crippen LogP) is 0.671. The molecule has 1 aliphatic heterocycles. The van der Waals surface area contributed by atoms with Gasteiger partial charge in [0.1, 0.15) is 0 Å². The minimum Gasteiger partial charge on any atom is -0.336 e. The second-order valence-corrected chi connectivity index (χ2v) is 3.63. The number of hydrogen-bond acceptors (Lipinski definition) is 2. The van der Waals surface area contributed by atoms with Crippen LogP contribution in [-0.2, 0) is 13.1 Å². The summed E-state index contributed by atoms with van der Waals surface area (Å²) in [5.74, 6) is 0. The lowest BCUT2D eigenvalue weighted by Crippen LogP contribution is -2.28. The van der Waals surface area contributed by atoms with Crippen LogP contribution in [0.2, 0.25) is 0 Å². The van der Waals surface area contributed by atoms with E-state index in [1.165, 1.54) is 0 Å². The largest absolute Gasteiger partial charge is 0.336 e. The lowest BCUT2D eigenvalue weighted by atomic mass is 10.1. The number of nitrogens with two attached hydrogens (primary N) is 1. The molecule has 15 heavy (non-hydrogen) atoms. The number of nitrogens with one attached hydrogen (secondary N) is 1. The molecule has 4 nitrogen and oxygen atoms in total. The molecular weight excluding hydrogens is 190 g/mol. The summed E-state index contributed by atoms with van der Waals surface area (Å²) in [7, 11) is 0. The molecule has 3 N–H and O–H groups in total. The van der Waals surface area contributed by atoms with E-state index in [9.17, 15) is 4.79 Å². The van der Waals surface area contributed by atoms with Gasteiger partial charge in [0.2, 0.25) is 0 Å². The third kappa shape index (κ3) is 2.10. The molecule has 2 rings (SSSR count). The molecule has 1 heterocycles. The highest BCUT2D eigenvalue weighted by atomic mass is 16.2. The first kappa shape index (κ1) is 9.98. The number of amides is 2.